The van der Waals surface area contributed by atoms with Crippen molar-refractivity contribution in [2.24, 2.45) is 5.41 Å². The predicted molar refractivity (Wildman–Crippen MR) is 116 cm³/mol. The van der Waals surface area contributed by atoms with Gasteiger partial charge in [-0.05, 0) is 40.5 Å². The number of carbonyl (C=O) groups excluding carboxylic acids is 1. The minimum Gasteiger partial charge on any atom is -0.507 e. The molecular formula is C25H32O9. The molecule has 6 aliphatic rings. The Morgan fingerprint density at radius 2 is 1.82 bits per heavy atom. The Labute approximate surface area is 197 Å². The zero-order valence-electron chi connectivity index (χ0n) is 20.1. The monoisotopic (exact) mass is 476 g/mol. The highest BCUT2D eigenvalue weighted by molar-refractivity contribution is 5.96. The quantitative estimate of drug-likeness (QED) is 0.450. The summed E-state index contributed by atoms with van der Waals surface area (Å²) in [6.45, 7) is 8.64. The maximum absolute atomic E-state index is 12.7. The maximum Gasteiger partial charge on any atom is 0.342 e. The second-order valence-electron chi connectivity index (χ2n) is 11.7. The standard InChI is InChI=1S/C25H32O9/c1-12-18(27)16-13-11-23-21(4)6-9-25(33-23,20(2,3)29)34-24(21,30)8-7-22(23,5)32-15(13)10-14(26)17(16)19(28)31-12/h10,12,18,26-27,29-30H,6-9,11H2,1-5H3/t12-,18+,21-,22-,23+,24+,25-/m1/s1. The smallest absolute Gasteiger partial charge is 0.342 e. The van der Waals surface area contributed by atoms with Gasteiger partial charge in [-0.1, -0.05) is 6.92 Å². The van der Waals surface area contributed by atoms with Crippen LogP contribution in [-0.2, 0) is 20.6 Å². The molecule has 1 aromatic carbocycles. The number of benzene rings is 1. The summed E-state index contributed by atoms with van der Waals surface area (Å²) in [5.74, 6) is -3.70. The molecule has 1 aliphatic carbocycles. The van der Waals surface area contributed by atoms with Crippen LogP contribution in [0.1, 0.15) is 87.9 Å². The molecule has 4 fully saturated rings. The molecule has 9 nitrogen and oxygen atoms in total. The molecule has 5 heterocycles. The van der Waals surface area contributed by atoms with Crippen molar-refractivity contribution in [2.45, 2.75) is 107 Å². The number of esters is 1. The van der Waals surface area contributed by atoms with E-state index in [-0.39, 0.29) is 29.7 Å². The number of hydrogen-bond acceptors (Lipinski definition) is 9. The van der Waals surface area contributed by atoms with Crippen molar-refractivity contribution < 1.29 is 44.2 Å². The molecule has 1 spiro atoms. The molecule has 9 heteroatoms. The average Bonchev–Trinajstić information content (AvgIpc) is 2.71. The minimum absolute atomic E-state index is 0.0846. The number of aromatic hydroxyl groups is 1. The molecular weight excluding hydrogens is 444 g/mol. The lowest BCUT2D eigenvalue weighted by Gasteiger charge is -2.76. The summed E-state index contributed by atoms with van der Waals surface area (Å²) in [7, 11) is 0. The lowest BCUT2D eigenvalue weighted by molar-refractivity contribution is -0.555. The Kier molecular flexibility index (Phi) is 4.03. The van der Waals surface area contributed by atoms with E-state index in [0.29, 0.717) is 30.6 Å². The molecule has 7 atom stereocenters. The molecule has 4 bridgehead atoms. The molecule has 1 saturated carbocycles. The van der Waals surface area contributed by atoms with E-state index in [1.54, 1.807) is 20.8 Å². The summed E-state index contributed by atoms with van der Waals surface area (Å²) >= 11 is 0. The number of aliphatic hydroxyl groups is 3. The fraction of sp³-hybridized carbons (Fsp3) is 0.720. The van der Waals surface area contributed by atoms with Crippen molar-refractivity contribution in [2.75, 3.05) is 0 Å². The van der Waals surface area contributed by atoms with Gasteiger partial charge in [0.05, 0.1) is 5.41 Å². The average molecular weight is 477 g/mol. The number of ether oxygens (including phenoxy) is 4. The Bertz CT molecular complexity index is 1130. The molecule has 4 N–H and O–H groups in total. The third kappa shape index (κ3) is 2.26. The lowest BCUT2D eigenvalue weighted by Crippen LogP contribution is -2.88. The highest BCUT2D eigenvalue weighted by Gasteiger charge is 2.83. The van der Waals surface area contributed by atoms with Gasteiger partial charge in [0.15, 0.2) is 5.79 Å². The third-order valence-corrected chi connectivity index (χ3v) is 9.52. The lowest BCUT2D eigenvalue weighted by atomic mass is 9.47. The van der Waals surface area contributed by atoms with Crippen LogP contribution in [0, 0.1) is 5.41 Å². The molecule has 0 radical (unpaired) electrons. The normalized spacial score (nSPS) is 46.6. The number of aliphatic hydroxyl groups excluding tert-OH is 1. The molecule has 7 rings (SSSR count). The summed E-state index contributed by atoms with van der Waals surface area (Å²) in [4.78, 5) is 12.7. The fourth-order valence-electron chi connectivity index (χ4n) is 7.30. The van der Waals surface area contributed by atoms with Gasteiger partial charge in [-0.15, -0.1) is 0 Å². The molecule has 0 amide bonds. The van der Waals surface area contributed by atoms with Crippen LogP contribution in [-0.4, -0.2) is 60.9 Å². The molecule has 0 aromatic heterocycles. The van der Waals surface area contributed by atoms with Crippen LogP contribution >= 0.6 is 0 Å². The van der Waals surface area contributed by atoms with Gasteiger partial charge in [-0.2, -0.15) is 0 Å². The van der Waals surface area contributed by atoms with Gasteiger partial charge < -0.3 is 39.4 Å². The van der Waals surface area contributed by atoms with Crippen LogP contribution in [0.25, 0.3) is 0 Å². The number of carbonyl (C=O) groups is 1. The number of cyclic esters (lactones) is 1. The van der Waals surface area contributed by atoms with Gasteiger partial charge in [0.1, 0.15) is 46.1 Å². The summed E-state index contributed by atoms with van der Waals surface area (Å²) in [5, 5.41) is 44.7. The number of phenolic OH excluding ortho intramolecular Hbond substituents is 1. The Hall–Kier alpha value is -1.91. The van der Waals surface area contributed by atoms with Crippen molar-refractivity contribution in [3.8, 4) is 11.5 Å². The van der Waals surface area contributed by atoms with Gasteiger partial charge in [0.2, 0.25) is 5.79 Å². The van der Waals surface area contributed by atoms with E-state index in [1.165, 1.54) is 6.07 Å². The van der Waals surface area contributed by atoms with Crippen molar-refractivity contribution in [1.29, 1.82) is 0 Å². The van der Waals surface area contributed by atoms with Crippen molar-refractivity contribution in [3.05, 3.63) is 22.8 Å². The fourth-order valence-corrected chi connectivity index (χ4v) is 7.30. The van der Waals surface area contributed by atoms with E-state index in [2.05, 4.69) is 0 Å². The van der Waals surface area contributed by atoms with Gasteiger partial charge in [0, 0.05) is 36.5 Å². The van der Waals surface area contributed by atoms with Crippen molar-refractivity contribution in [3.63, 3.8) is 0 Å². The number of fused-ring (bicyclic) bond motifs is 4. The number of phenols is 1. The van der Waals surface area contributed by atoms with Gasteiger partial charge >= 0.3 is 5.97 Å². The van der Waals surface area contributed by atoms with Gasteiger partial charge in [-0.3, -0.25) is 0 Å². The van der Waals surface area contributed by atoms with Crippen molar-refractivity contribution >= 4 is 5.97 Å². The second-order valence-corrected chi connectivity index (χ2v) is 11.7. The van der Waals surface area contributed by atoms with Gasteiger partial charge in [-0.25, -0.2) is 4.79 Å². The van der Waals surface area contributed by atoms with Crippen LogP contribution in [0.5, 0.6) is 11.5 Å². The first-order chi connectivity index (χ1) is 15.6. The SMILES string of the molecule is C[C@H]1OC(=O)c2c(O)cc3c(c2[C@H]1O)C[C@]12O[C@]4(C(C)(C)O)CC[C@@]1(C)[C@](O)(CC[C@@]2(C)O3)O4. The number of rotatable bonds is 1. The summed E-state index contributed by atoms with van der Waals surface area (Å²) < 4.78 is 24.9. The number of hydrogen-bond donors (Lipinski definition) is 4. The van der Waals surface area contributed by atoms with E-state index in [9.17, 15) is 25.2 Å². The largest absolute Gasteiger partial charge is 0.507 e. The van der Waals surface area contributed by atoms with Crippen molar-refractivity contribution in [1.82, 2.24) is 0 Å². The van der Waals surface area contributed by atoms with Crippen LogP contribution in [0.3, 0.4) is 0 Å². The predicted octanol–water partition coefficient (Wildman–Crippen LogP) is 2.21. The molecule has 1 aromatic rings. The van der Waals surface area contributed by atoms with E-state index in [0.717, 1.165) is 0 Å². The van der Waals surface area contributed by atoms with E-state index in [4.69, 9.17) is 18.9 Å². The highest BCUT2D eigenvalue weighted by atomic mass is 16.8. The Balaban J connectivity index is 1.62. The summed E-state index contributed by atoms with van der Waals surface area (Å²) in [5.41, 5.74) is -3.71. The summed E-state index contributed by atoms with van der Waals surface area (Å²) in [6, 6.07) is 1.39. The first-order valence-corrected chi connectivity index (χ1v) is 11.9. The van der Waals surface area contributed by atoms with Gasteiger partial charge in [0.25, 0.3) is 0 Å². The minimum atomic E-state index is -1.56. The first kappa shape index (κ1) is 22.5. The van der Waals surface area contributed by atoms with Crippen LogP contribution in [0.2, 0.25) is 0 Å². The Morgan fingerprint density at radius 3 is 2.50 bits per heavy atom. The first-order valence-electron chi connectivity index (χ1n) is 11.9. The van der Waals surface area contributed by atoms with Crippen LogP contribution in [0.4, 0.5) is 0 Å². The van der Waals surface area contributed by atoms with E-state index < -0.39 is 52.0 Å². The Morgan fingerprint density at radius 1 is 1.12 bits per heavy atom. The zero-order chi connectivity index (χ0) is 24.7. The molecule has 3 saturated heterocycles. The highest BCUT2D eigenvalue weighted by Crippen LogP contribution is 2.72. The molecule has 34 heavy (non-hydrogen) atoms. The van der Waals surface area contributed by atoms with E-state index >= 15 is 0 Å². The molecule has 5 aliphatic heterocycles. The maximum atomic E-state index is 12.7. The topological polar surface area (TPSA) is 135 Å². The van der Waals surface area contributed by atoms with Crippen LogP contribution < -0.4 is 4.74 Å². The zero-order valence-corrected chi connectivity index (χ0v) is 20.1. The molecule has 186 valence electrons. The molecule has 0 unspecified atom stereocenters. The summed E-state index contributed by atoms with van der Waals surface area (Å²) in [6.07, 6.45) is -0.208. The van der Waals surface area contributed by atoms with E-state index in [1.807, 2.05) is 13.8 Å². The third-order valence-electron chi connectivity index (χ3n) is 9.52. The van der Waals surface area contributed by atoms with Crippen LogP contribution in [0.15, 0.2) is 6.07 Å². The second kappa shape index (κ2) is 6.07.